The van der Waals surface area contributed by atoms with Gasteiger partial charge in [-0.05, 0) is 26.7 Å². The Balaban J connectivity index is 1.76. The molecule has 0 N–H and O–H groups in total. The maximum Gasteiger partial charge on any atom is 0.248 e. The molecule has 9 heteroatoms. The minimum Gasteiger partial charge on any atom is -0.425 e. The van der Waals surface area contributed by atoms with Crippen molar-refractivity contribution in [3.8, 4) is 0 Å². The van der Waals surface area contributed by atoms with E-state index in [9.17, 15) is 8.42 Å². The summed E-state index contributed by atoms with van der Waals surface area (Å²) in [5.74, 6) is 1.55. The average molecular weight is 326 g/mol. The second-order valence-corrected chi connectivity index (χ2v) is 7.37. The fourth-order valence-corrected chi connectivity index (χ4v) is 4.55. The fourth-order valence-electron chi connectivity index (χ4n) is 2.79. The second-order valence-electron chi connectivity index (χ2n) is 5.49. The lowest BCUT2D eigenvalue weighted by Gasteiger charge is -2.29. The molecule has 1 aliphatic rings. The Hall–Kier alpha value is -1.74. The maximum atomic E-state index is 12.7. The first-order valence-electron chi connectivity index (χ1n) is 7.12. The van der Waals surface area contributed by atoms with Gasteiger partial charge in [-0.1, -0.05) is 5.16 Å². The van der Waals surface area contributed by atoms with Crippen LogP contribution in [0.1, 0.15) is 42.0 Å². The van der Waals surface area contributed by atoms with Crippen LogP contribution in [0, 0.1) is 20.8 Å². The van der Waals surface area contributed by atoms with Crippen LogP contribution in [0.3, 0.4) is 0 Å². The Morgan fingerprint density at radius 2 is 1.82 bits per heavy atom. The quantitative estimate of drug-likeness (QED) is 0.843. The molecule has 0 radical (unpaired) electrons. The fraction of sp³-hybridized carbons (Fsp3) is 0.615. The molecule has 3 heterocycles. The van der Waals surface area contributed by atoms with Crippen molar-refractivity contribution < 1.29 is 17.4 Å². The van der Waals surface area contributed by atoms with Gasteiger partial charge in [-0.2, -0.15) is 4.31 Å². The summed E-state index contributed by atoms with van der Waals surface area (Å²) in [5.41, 5.74) is 0.396. The molecule has 0 atom stereocenters. The molecule has 1 fully saturated rings. The first kappa shape index (κ1) is 15.2. The first-order valence-corrected chi connectivity index (χ1v) is 8.56. The smallest absolute Gasteiger partial charge is 0.248 e. The minimum atomic E-state index is -3.57. The highest BCUT2D eigenvalue weighted by molar-refractivity contribution is 7.89. The standard InChI is InChI=1S/C13H18N4O4S/c1-8-12(9(2)21-16-8)22(18,19)17-6-4-11(5-7-17)13-15-14-10(3)20-13/h11H,4-7H2,1-3H3. The second kappa shape index (κ2) is 5.47. The van der Waals surface area contributed by atoms with Crippen molar-refractivity contribution in [1.82, 2.24) is 19.7 Å². The molecule has 120 valence electrons. The molecule has 0 amide bonds. The number of rotatable bonds is 3. The SMILES string of the molecule is Cc1nnc(C2CCN(S(=O)(=O)c3c(C)noc3C)CC2)o1. The summed E-state index contributed by atoms with van der Waals surface area (Å²) < 4.78 is 37.3. The van der Waals surface area contributed by atoms with Crippen LogP contribution in [-0.4, -0.2) is 41.2 Å². The van der Waals surface area contributed by atoms with Crippen LogP contribution >= 0.6 is 0 Å². The van der Waals surface area contributed by atoms with E-state index in [2.05, 4.69) is 15.4 Å². The molecule has 0 aliphatic carbocycles. The zero-order chi connectivity index (χ0) is 15.9. The van der Waals surface area contributed by atoms with Gasteiger partial charge < -0.3 is 8.94 Å². The molecule has 0 aromatic carbocycles. The van der Waals surface area contributed by atoms with Gasteiger partial charge in [0.15, 0.2) is 5.76 Å². The maximum absolute atomic E-state index is 12.7. The van der Waals surface area contributed by atoms with E-state index in [1.165, 1.54) is 4.31 Å². The Labute approximate surface area is 128 Å². The van der Waals surface area contributed by atoms with Crippen molar-refractivity contribution in [2.24, 2.45) is 0 Å². The highest BCUT2D eigenvalue weighted by Crippen LogP contribution is 2.31. The molecule has 0 unspecified atom stereocenters. The molecule has 0 saturated carbocycles. The highest BCUT2D eigenvalue weighted by atomic mass is 32.2. The zero-order valence-electron chi connectivity index (χ0n) is 12.7. The van der Waals surface area contributed by atoms with E-state index in [-0.39, 0.29) is 10.8 Å². The summed E-state index contributed by atoms with van der Waals surface area (Å²) >= 11 is 0. The lowest BCUT2D eigenvalue weighted by Crippen LogP contribution is -2.38. The molecule has 3 rings (SSSR count). The van der Waals surface area contributed by atoms with Gasteiger partial charge in [-0.15, -0.1) is 10.2 Å². The van der Waals surface area contributed by atoms with Crippen molar-refractivity contribution in [3.63, 3.8) is 0 Å². The van der Waals surface area contributed by atoms with Gasteiger partial charge in [-0.25, -0.2) is 8.42 Å². The third kappa shape index (κ3) is 2.54. The van der Waals surface area contributed by atoms with Crippen LogP contribution in [-0.2, 0) is 10.0 Å². The van der Waals surface area contributed by atoms with Crippen molar-refractivity contribution in [3.05, 3.63) is 23.2 Å². The van der Waals surface area contributed by atoms with Crippen LogP contribution in [0.15, 0.2) is 13.8 Å². The number of hydrogen-bond acceptors (Lipinski definition) is 7. The third-order valence-corrected chi connectivity index (χ3v) is 6.05. The monoisotopic (exact) mass is 326 g/mol. The number of hydrogen-bond donors (Lipinski definition) is 0. The molecule has 2 aromatic heterocycles. The summed E-state index contributed by atoms with van der Waals surface area (Å²) in [4.78, 5) is 0.180. The highest BCUT2D eigenvalue weighted by Gasteiger charge is 2.35. The van der Waals surface area contributed by atoms with Gasteiger partial charge in [0.1, 0.15) is 10.6 Å². The molecule has 2 aromatic rings. The molecular weight excluding hydrogens is 308 g/mol. The van der Waals surface area contributed by atoms with Crippen LogP contribution in [0.5, 0.6) is 0 Å². The Bertz CT molecular complexity index is 752. The zero-order valence-corrected chi connectivity index (χ0v) is 13.6. The molecular formula is C13H18N4O4S. The summed E-state index contributed by atoms with van der Waals surface area (Å²) in [6.07, 6.45) is 1.31. The Morgan fingerprint density at radius 3 is 2.32 bits per heavy atom. The molecule has 0 bridgehead atoms. The predicted molar refractivity (Wildman–Crippen MR) is 75.7 cm³/mol. The van der Waals surface area contributed by atoms with E-state index in [1.54, 1.807) is 20.8 Å². The number of aromatic nitrogens is 3. The van der Waals surface area contributed by atoms with Gasteiger partial charge in [-0.3, -0.25) is 0 Å². The molecule has 1 saturated heterocycles. The summed E-state index contributed by atoms with van der Waals surface area (Å²) in [6, 6.07) is 0. The molecule has 1 aliphatic heterocycles. The molecule has 8 nitrogen and oxygen atoms in total. The van der Waals surface area contributed by atoms with Crippen molar-refractivity contribution in [2.75, 3.05) is 13.1 Å². The van der Waals surface area contributed by atoms with E-state index in [4.69, 9.17) is 8.94 Å². The lowest BCUT2D eigenvalue weighted by molar-refractivity contribution is 0.287. The van der Waals surface area contributed by atoms with Crippen molar-refractivity contribution in [2.45, 2.75) is 44.4 Å². The normalized spacial score (nSPS) is 18.0. The number of aryl methyl sites for hydroxylation is 3. The number of nitrogens with zero attached hydrogens (tertiary/aromatic N) is 4. The Morgan fingerprint density at radius 1 is 1.14 bits per heavy atom. The number of sulfonamides is 1. The topological polar surface area (TPSA) is 102 Å². The van der Waals surface area contributed by atoms with Crippen LogP contribution in [0.2, 0.25) is 0 Å². The number of piperidine rings is 1. The first-order chi connectivity index (χ1) is 10.4. The van der Waals surface area contributed by atoms with Gasteiger partial charge in [0, 0.05) is 25.9 Å². The van der Waals surface area contributed by atoms with Crippen molar-refractivity contribution in [1.29, 1.82) is 0 Å². The Kier molecular flexibility index (Phi) is 3.77. The van der Waals surface area contributed by atoms with Gasteiger partial charge >= 0.3 is 0 Å². The van der Waals surface area contributed by atoms with Crippen LogP contribution in [0.25, 0.3) is 0 Å². The van der Waals surface area contributed by atoms with Crippen molar-refractivity contribution >= 4 is 10.0 Å². The van der Waals surface area contributed by atoms with E-state index in [0.717, 1.165) is 0 Å². The van der Waals surface area contributed by atoms with Gasteiger partial charge in [0.2, 0.25) is 21.8 Å². The summed E-state index contributed by atoms with van der Waals surface area (Å²) in [6.45, 7) is 5.82. The van der Waals surface area contributed by atoms with Crippen LogP contribution < -0.4 is 0 Å². The predicted octanol–water partition coefficient (Wildman–Crippen LogP) is 1.55. The lowest BCUT2D eigenvalue weighted by atomic mass is 9.98. The largest absolute Gasteiger partial charge is 0.425 e. The summed E-state index contributed by atoms with van der Waals surface area (Å²) in [7, 11) is -3.57. The van der Waals surface area contributed by atoms with Crippen LogP contribution in [0.4, 0.5) is 0 Å². The van der Waals surface area contributed by atoms with Gasteiger partial charge in [0.05, 0.1) is 0 Å². The minimum absolute atomic E-state index is 0.109. The molecule has 0 spiro atoms. The average Bonchev–Trinajstić information content (AvgIpc) is 3.05. The van der Waals surface area contributed by atoms with E-state index in [0.29, 0.717) is 49.2 Å². The van der Waals surface area contributed by atoms with Gasteiger partial charge in [0.25, 0.3) is 0 Å². The third-order valence-electron chi connectivity index (χ3n) is 3.91. The summed E-state index contributed by atoms with van der Waals surface area (Å²) in [5, 5.41) is 11.6. The molecule has 22 heavy (non-hydrogen) atoms. The van der Waals surface area contributed by atoms with E-state index >= 15 is 0 Å². The van der Waals surface area contributed by atoms with E-state index < -0.39 is 10.0 Å². The van der Waals surface area contributed by atoms with E-state index in [1.807, 2.05) is 0 Å².